The highest BCUT2D eigenvalue weighted by Gasteiger charge is 2.30. The Morgan fingerprint density at radius 1 is 1.55 bits per heavy atom. The van der Waals surface area contributed by atoms with E-state index in [1.807, 2.05) is 6.07 Å². The minimum absolute atomic E-state index is 0.423. The number of rotatable bonds is 4. The summed E-state index contributed by atoms with van der Waals surface area (Å²) in [6.45, 7) is 2.48. The third kappa shape index (κ3) is 2.57. The van der Waals surface area contributed by atoms with Crippen molar-refractivity contribution in [1.82, 2.24) is 14.8 Å². The molecule has 6 heteroatoms. The summed E-state index contributed by atoms with van der Waals surface area (Å²) in [5.41, 5.74) is 1.54. The van der Waals surface area contributed by atoms with Crippen LogP contribution in [0.25, 0.3) is 11.0 Å². The molecular formula is C14H16BrN3O2. The van der Waals surface area contributed by atoms with Crippen LogP contribution in [0.1, 0.15) is 44.2 Å². The number of hydrogen-bond donors (Lipinski definition) is 0. The number of nitrogens with zero attached hydrogens (tertiary/aromatic N) is 3. The highest BCUT2D eigenvalue weighted by Crippen LogP contribution is 2.42. The number of fused-ring (bicyclic) bond motifs is 1. The summed E-state index contributed by atoms with van der Waals surface area (Å²) in [4.78, 5) is 16.4. The lowest BCUT2D eigenvalue weighted by Gasteiger charge is -2.03. The van der Waals surface area contributed by atoms with E-state index in [0.29, 0.717) is 18.2 Å². The monoisotopic (exact) mass is 337 g/mol. The van der Waals surface area contributed by atoms with E-state index < -0.39 is 6.09 Å². The van der Waals surface area contributed by atoms with Gasteiger partial charge in [0, 0.05) is 22.0 Å². The molecular weight excluding hydrogens is 322 g/mol. The third-order valence-electron chi connectivity index (χ3n) is 3.38. The van der Waals surface area contributed by atoms with Crippen molar-refractivity contribution in [3.63, 3.8) is 0 Å². The molecule has 0 unspecified atom stereocenters. The lowest BCUT2D eigenvalue weighted by atomic mass is 10.2. The fourth-order valence-corrected chi connectivity index (χ4v) is 2.48. The van der Waals surface area contributed by atoms with Crippen molar-refractivity contribution in [3.8, 4) is 0 Å². The van der Waals surface area contributed by atoms with Crippen molar-refractivity contribution >= 4 is 33.1 Å². The number of carbonyl (C=O) groups excluding carboxylic acids is 1. The first-order valence-corrected chi connectivity index (χ1v) is 7.71. The minimum atomic E-state index is -0.440. The molecule has 2 heterocycles. The molecule has 2 aromatic heterocycles. The molecule has 0 radical (unpaired) electrons. The molecule has 2 aromatic rings. The first-order chi connectivity index (χ1) is 9.70. The molecule has 0 N–H and O–H groups in total. The van der Waals surface area contributed by atoms with E-state index >= 15 is 0 Å². The number of carbonyl (C=O) groups is 1. The third-order valence-corrected chi connectivity index (χ3v) is 3.81. The van der Waals surface area contributed by atoms with Gasteiger partial charge in [0.25, 0.3) is 0 Å². The molecule has 0 aliphatic heterocycles. The van der Waals surface area contributed by atoms with Gasteiger partial charge in [-0.3, -0.25) is 0 Å². The molecule has 106 valence electrons. The van der Waals surface area contributed by atoms with E-state index in [-0.39, 0.29) is 0 Å². The number of hydrogen-bond acceptors (Lipinski definition) is 4. The van der Waals surface area contributed by atoms with Crippen molar-refractivity contribution in [3.05, 3.63) is 22.4 Å². The van der Waals surface area contributed by atoms with Gasteiger partial charge < -0.3 is 4.74 Å². The second-order valence-corrected chi connectivity index (χ2v) is 5.98. The Morgan fingerprint density at radius 3 is 3.05 bits per heavy atom. The molecule has 0 aromatic carbocycles. The van der Waals surface area contributed by atoms with Crippen molar-refractivity contribution in [2.45, 2.75) is 38.5 Å². The number of halogens is 1. The second kappa shape index (κ2) is 5.52. The van der Waals surface area contributed by atoms with Crippen molar-refractivity contribution < 1.29 is 9.53 Å². The van der Waals surface area contributed by atoms with Crippen LogP contribution in [0.2, 0.25) is 0 Å². The molecule has 5 nitrogen and oxygen atoms in total. The number of pyridine rings is 1. The molecule has 1 fully saturated rings. The standard InChI is InChI=1S/C14H16BrN3O2/c1-2-3-6-20-14(19)18-13-11(7-10(15)8-16-13)12(17-18)9-4-5-9/h7-9H,2-6H2,1H3. The molecule has 1 aliphatic carbocycles. The van der Waals surface area contributed by atoms with Crippen molar-refractivity contribution in [1.29, 1.82) is 0 Å². The Hall–Kier alpha value is -1.43. The summed E-state index contributed by atoms with van der Waals surface area (Å²) in [5.74, 6) is 0.457. The van der Waals surface area contributed by atoms with Gasteiger partial charge in [0.1, 0.15) is 0 Å². The summed E-state index contributed by atoms with van der Waals surface area (Å²) >= 11 is 3.42. The number of ether oxygens (including phenoxy) is 1. The fourth-order valence-electron chi connectivity index (χ4n) is 2.15. The van der Waals surface area contributed by atoms with Gasteiger partial charge in [-0.25, -0.2) is 9.78 Å². The van der Waals surface area contributed by atoms with E-state index in [1.54, 1.807) is 6.20 Å². The van der Waals surface area contributed by atoms with E-state index in [1.165, 1.54) is 4.68 Å². The van der Waals surface area contributed by atoms with Gasteiger partial charge in [-0.2, -0.15) is 5.10 Å². The Morgan fingerprint density at radius 2 is 2.35 bits per heavy atom. The molecule has 0 amide bonds. The highest BCUT2D eigenvalue weighted by molar-refractivity contribution is 9.10. The second-order valence-electron chi connectivity index (χ2n) is 5.06. The molecule has 0 bridgehead atoms. The van der Waals surface area contributed by atoms with Crippen LogP contribution < -0.4 is 0 Å². The topological polar surface area (TPSA) is 57.0 Å². The quantitative estimate of drug-likeness (QED) is 0.795. The van der Waals surface area contributed by atoms with Crippen LogP contribution in [0.5, 0.6) is 0 Å². The van der Waals surface area contributed by atoms with E-state index in [4.69, 9.17) is 4.74 Å². The lowest BCUT2D eigenvalue weighted by Crippen LogP contribution is -2.16. The maximum atomic E-state index is 12.1. The van der Waals surface area contributed by atoms with Gasteiger partial charge in [0.05, 0.1) is 12.3 Å². The Bertz CT molecular complexity index is 649. The smallest absolute Gasteiger partial charge is 0.436 e. The van der Waals surface area contributed by atoms with Gasteiger partial charge in [-0.05, 0) is 41.3 Å². The van der Waals surface area contributed by atoms with Gasteiger partial charge >= 0.3 is 6.09 Å². The normalized spacial score (nSPS) is 14.7. The molecule has 0 atom stereocenters. The molecule has 1 aliphatic rings. The van der Waals surface area contributed by atoms with Crippen LogP contribution in [0.4, 0.5) is 4.79 Å². The fraction of sp³-hybridized carbons (Fsp3) is 0.500. The minimum Gasteiger partial charge on any atom is -0.448 e. The summed E-state index contributed by atoms with van der Waals surface area (Å²) in [5, 5.41) is 5.37. The average molecular weight is 338 g/mol. The predicted molar refractivity (Wildman–Crippen MR) is 78.9 cm³/mol. The molecule has 20 heavy (non-hydrogen) atoms. The van der Waals surface area contributed by atoms with E-state index in [2.05, 4.69) is 32.9 Å². The summed E-state index contributed by atoms with van der Waals surface area (Å²) in [6, 6.07) is 1.97. The maximum absolute atomic E-state index is 12.1. The average Bonchev–Trinajstić information content (AvgIpc) is 3.20. The molecule has 3 rings (SSSR count). The van der Waals surface area contributed by atoms with Crippen molar-refractivity contribution in [2.75, 3.05) is 6.61 Å². The van der Waals surface area contributed by atoms with Crippen LogP contribution in [0, 0.1) is 0 Å². The summed E-state index contributed by atoms with van der Waals surface area (Å²) < 4.78 is 7.42. The van der Waals surface area contributed by atoms with Crippen LogP contribution in [-0.2, 0) is 4.74 Å². The van der Waals surface area contributed by atoms with Gasteiger partial charge in [-0.1, -0.05) is 13.3 Å². The first kappa shape index (κ1) is 13.5. The number of aromatic nitrogens is 3. The van der Waals surface area contributed by atoms with Crippen LogP contribution in [0.15, 0.2) is 16.7 Å². The Labute approximate surface area is 125 Å². The summed E-state index contributed by atoms with van der Waals surface area (Å²) in [7, 11) is 0. The zero-order chi connectivity index (χ0) is 14.1. The summed E-state index contributed by atoms with van der Waals surface area (Å²) in [6.07, 6.45) is 5.35. The van der Waals surface area contributed by atoms with Crippen molar-refractivity contribution in [2.24, 2.45) is 0 Å². The first-order valence-electron chi connectivity index (χ1n) is 6.92. The Balaban J connectivity index is 1.96. The van der Waals surface area contributed by atoms with Crippen LogP contribution in [0.3, 0.4) is 0 Å². The molecule has 0 spiro atoms. The zero-order valence-electron chi connectivity index (χ0n) is 11.3. The van der Waals surface area contributed by atoms with Crippen LogP contribution >= 0.6 is 15.9 Å². The van der Waals surface area contributed by atoms with Gasteiger partial charge in [0.2, 0.25) is 0 Å². The van der Waals surface area contributed by atoms with E-state index in [0.717, 1.165) is 41.2 Å². The lowest BCUT2D eigenvalue weighted by molar-refractivity contribution is 0.143. The molecule has 1 saturated carbocycles. The maximum Gasteiger partial charge on any atom is 0.436 e. The van der Waals surface area contributed by atoms with Gasteiger partial charge in [-0.15, -0.1) is 4.68 Å². The SMILES string of the molecule is CCCCOC(=O)n1nc(C2CC2)c2cc(Br)cnc21. The van der Waals surface area contributed by atoms with E-state index in [9.17, 15) is 4.79 Å². The largest absolute Gasteiger partial charge is 0.448 e. The zero-order valence-corrected chi connectivity index (χ0v) is 12.9. The number of unbranched alkanes of at least 4 members (excludes halogenated alkanes) is 1. The van der Waals surface area contributed by atoms with Crippen LogP contribution in [-0.4, -0.2) is 27.5 Å². The predicted octanol–water partition coefficient (Wildman–Crippen LogP) is 3.86. The van der Waals surface area contributed by atoms with Gasteiger partial charge in [0.15, 0.2) is 5.65 Å². The Kier molecular flexibility index (Phi) is 3.74. The molecule has 0 saturated heterocycles. The highest BCUT2D eigenvalue weighted by atomic mass is 79.9.